The molecule has 1 aromatic heterocycles. The van der Waals surface area contributed by atoms with Crippen molar-refractivity contribution in [3.8, 4) is 5.75 Å². The number of para-hydroxylation sites is 1. The summed E-state index contributed by atoms with van der Waals surface area (Å²) >= 11 is 0. The highest BCUT2D eigenvalue weighted by Crippen LogP contribution is 2.32. The molecule has 1 aromatic carbocycles. The molecule has 0 bridgehead atoms. The molecule has 112 valence electrons. The van der Waals surface area contributed by atoms with Gasteiger partial charge in [-0.3, -0.25) is 0 Å². The topological polar surface area (TPSA) is 35.3 Å². The largest absolute Gasteiger partial charge is 0.493 e. The van der Waals surface area contributed by atoms with Crippen LogP contribution in [-0.2, 0) is 6.42 Å². The fraction of sp³-hybridized carbons (Fsp3) is 0.500. The van der Waals surface area contributed by atoms with Gasteiger partial charge in [0.25, 0.3) is 0 Å². The fourth-order valence-electron chi connectivity index (χ4n) is 2.99. The van der Waals surface area contributed by atoms with E-state index in [1.807, 2.05) is 37.3 Å². The van der Waals surface area contributed by atoms with Crippen LogP contribution < -0.4 is 4.74 Å². The molecule has 1 aliphatic rings. The summed E-state index contributed by atoms with van der Waals surface area (Å²) in [7, 11) is 0. The van der Waals surface area contributed by atoms with E-state index in [0.717, 1.165) is 29.5 Å². The Hall–Kier alpha value is -1.77. The molecule has 21 heavy (non-hydrogen) atoms. The number of nitrogens with zero attached hydrogens (tertiary/aromatic N) is 1. The molecule has 3 nitrogen and oxygen atoms in total. The van der Waals surface area contributed by atoms with Gasteiger partial charge in [-0.25, -0.2) is 4.98 Å². The molecule has 0 saturated heterocycles. The zero-order chi connectivity index (χ0) is 14.5. The Balaban J connectivity index is 1.57. The average molecular weight is 285 g/mol. The minimum absolute atomic E-state index is 0.529. The number of rotatable bonds is 5. The van der Waals surface area contributed by atoms with Gasteiger partial charge in [-0.05, 0) is 31.9 Å². The molecule has 1 saturated carbocycles. The van der Waals surface area contributed by atoms with E-state index in [0.29, 0.717) is 12.5 Å². The lowest BCUT2D eigenvalue weighted by atomic mass is 9.89. The first-order valence-corrected chi connectivity index (χ1v) is 7.97. The Labute approximate surface area is 126 Å². The van der Waals surface area contributed by atoms with Crippen molar-refractivity contribution in [3.05, 3.63) is 47.7 Å². The average Bonchev–Trinajstić information content (AvgIpc) is 2.91. The zero-order valence-corrected chi connectivity index (χ0v) is 12.7. The molecule has 0 unspecified atom stereocenters. The summed E-state index contributed by atoms with van der Waals surface area (Å²) in [5.41, 5.74) is 1.05. The van der Waals surface area contributed by atoms with Gasteiger partial charge in [-0.15, -0.1) is 0 Å². The van der Waals surface area contributed by atoms with Crippen LogP contribution in [0.2, 0.25) is 0 Å². The summed E-state index contributed by atoms with van der Waals surface area (Å²) in [5, 5.41) is 0. The van der Waals surface area contributed by atoms with E-state index in [4.69, 9.17) is 14.1 Å². The highest BCUT2D eigenvalue weighted by Gasteiger charge is 2.21. The SMILES string of the molecule is Cc1oc(C2CCCCC2)nc1CCOc1ccccc1. The van der Waals surface area contributed by atoms with Crippen molar-refractivity contribution in [3.63, 3.8) is 0 Å². The molecule has 0 atom stereocenters. The molecule has 1 aliphatic carbocycles. The van der Waals surface area contributed by atoms with Crippen LogP contribution in [0.3, 0.4) is 0 Å². The lowest BCUT2D eigenvalue weighted by Gasteiger charge is -2.17. The molecule has 3 heteroatoms. The molecule has 3 rings (SSSR count). The maximum atomic E-state index is 5.89. The summed E-state index contributed by atoms with van der Waals surface area (Å²) in [5.74, 6) is 3.33. The summed E-state index contributed by atoms with van der Waals surface area (Å²) in [4.78, 5) is 4.72. The first-order chi connectivity index (χ1) is 10.3. The molecular formula is C18H23NO2. The van der Waals surface area contributed by atoms with Gasteiger partial charge in [0.05, 0.1) is 12.3 Å². The second kappa shape index (κ2) is 6.79. The van der Waals surface area contributed by atoms with Crippen molar-refractivity contribution in [2.24, 2.45) is 0 Å². The Bertz CT molecular complexity index is 556. The van der Waals surface area contributed by atoms with Gasteiger partial charge < -0.3 is 9.15 Å². The molecule has 1 fully saturated rings. The molecule has 0 aliphatic heterocycles. The van der Waals surface area contributed by atoms with Crippen molar-refractivity contribution < 1.29 is 9.15 Å². The van der Waals surface area contributed by atoms with E-state index in [2.05, 4.69) is 0 Å². The summed E-state index contributed by atoms with van der Waals surface area (Å²) in [6.07, 6.45) is 7.21. The number of oxazole rings is 1. The maximum absolute atomic E-state index is 5.89. The highest BCUT2D eigenvalue weighted by atomic mass is 16.5. The van der Waals surface area contributed by atoms with Crippen LogP contribution in [0.1, 0.15) is 55.4 Å². The predicted octanol–water partition coefficient (Wildman–Crippen LogP) is 4.65. The van der Waals surface area contributed by atoms with Gasteiger partial charge in [0.15, 0.2) is 5.89 Å². The normalized spacial score (nSPS) is 16.0. The highest BCUT2D eigenvalue weighted by molar-refractivity contribution is 5.21. The van der Waals surface area contributed by atoms with E-state index in [-0.39, 0.29) is 0 Å². The minimum Gasteiger partial charge on any atom is -0.493 e. The predicted molar refractivity (Wildman–Crippen MR) is 82.7 cm³/mol. The van der Waals surface area contributed by atoms with Crippen LogP contribution >= 0.6 is 0 Å². The first kappa shape index (κ1) is 14.2. The van der Waals surface area contributed by atoms with E-state index in [9.17, 15) is 0 Å². The molecule has 0 spiro atoms. The lowest BCUT2D eigenvalue weighted by molar-refractivity contribution is 0.320. The lowest BCUT2D eigenvalue weighted by Crippen LogP contribution is -2.06. The van der Waals surface area contributed by atoms with Gasteiger partial charge in [-0.2, -0.15) is 0 Å². The number of hydrogen-bond donors (Lipinski definition) is 0. The molecule has 0 N–H and O–H groups in total. The first-order valence-electron chi connectivity index (χ1n) is 7.97. The fourth-order valence-corrected chi connectivity index (χ4v) is 2.99. The van der Waals surface area contributed by atoms with Crippen molar-refractivity contribution >= 4 is 0 Å². The Morgan fingerprint density at radius 3 is 2.67 bits per heavy atom. The molecule has 2 aromatic rings. The Morgan fingerprint density at radius 2 is 1.90 bits per heavy atom. The maximum Gasteiger partial charge on any atom is 0.197 e. The Kier molecular flexibility index (Phi) is 4.59. The van der Waals surface area contributed by atoms with Crippen LogP contribution in [0.25, 0.3) is 0 Å². The van der Waals surface area contributed by atoms with Crippen LogP contribution in [0.4, 0.5) is 0 Å². The number of aryl methyl sites for hydroxylation is 1. The number of aromatic nitrogens is 1. The van der Waals surface area contributed by atoms with Crippen LogP contribution in [0.15, 0.2) is 34.7 Å². The van der Waals surface area contributed by atoms with Crippen LogP contribution in [0.5, 0.6) is 5.75 Å². The van der Waals surface area contributed by atoms with Crippen molar-refractivity contribution in [1.29, 1.82) is 0 Å². The van der Waals surface area contributed by atoms with E-state index in [1.54, 1.807) is 0 Å². The van der Waals surface area contributed by atoms with E-state index < -0.39 is 0 Å². The van der Waals surface area contributed by atoms with E-state index >= 15 is 0 Å². The van der Waals surface area contributed by atoms with Crippen molar-refractivity contribution in [1.82, 2.24) is 4.98 Å². The second-order valence-electron chi connectivity index (χ2n) is 5.80. The summed E-state index contributed by atoms with van der Waals surface area (Å²) in [6.45, 7) is 2.65. The van der Waals surface area contributed by atoms with Gasteiger partial charge in [0, 0.05) is 12.3 Å². The monoisotopic (exact) mass is 285 g/mol. The molecule has 0 radical (unpaired) electrons. The zero-order valence-electron chi connectivity index (χ0n) is 12.7. The smallest absolute Gasteiger partial charge is 0.197 e. The van der Waals surface area contributed by atoms with Gasteiger partial charge in [0.1, 0.15) is 11.5 Å². The molecule has 0 amide bonds. The standard InChI is InChI=1S/C18H23NO2/c1-14-17(12-13-20-16-10-6-3-7-11-16)19-18(21-14)15-8-4-2-5-9-15/h3,6-7,10-11,15H,2,4-5,8-9,12-13H2,1H3. The third-order valence-electron chi connectivity index (χ3n) is 4.21. The Morgan fingerprint density at radius 1 is 1.14 bits per heavy atom. The third-order valence-corrected chi connectivity index (χ3v) is 4.21. The van der Waals surface area contributed by atoms with Crippen molar-refractivity contribution in [2.45, 2.75) is 51.4 Å². The third kappa shape index (κ3) is 3.66. The van der Waals surface area contributed by atoms with Gasteiger partial charge in [-0.1, -0.05) is 37.5 Å². The summed E-state index contributed by atoms with van der Waals surface area (Å²) < 4.78 is 11.6. The quantitative estimate of drug-likeness (QED) is 0.802. The minimum atomic E-state index is 0.529. The van der Waals surface area contributed by atoms with Crippen LogP contribution in [-0.4, -0.2) is 11.6 Å². The molecular weight excluding hydrogens is 262 g/mol. The second-order valence-corrected chi connectivity index (χ2v) is 5.80. The van der Waals surface area contributed by atoms with Crippen molar-refractivity contribution in [2.75, 3.05) is 6.61 Å². The van der Waals surface area contributed by atoms with E-state index in [1.165, 1.54) is 32.1 Å². The number of hydrogen-bond acceptors (Lipinski definition) is 3. The van der Waals surface area contributed by atoms with Gasteiger partial charge in [0.2, 0.25) is 0 Å². The number of ether oxygens (including phenoxy) is 1. The summed E-state index contributed by atoms with van der Waals surface area (Å²) in [6, 6.07) is 9.91. The van der Waals surface area contributed by atoms with Crippen LogP contribution in [0, 0.1) is 6.92 Å². The van der Waals surface area contributed by atoms with Gasteiger partial charge >= 0.3 is 0 Å². The molecule has 1 heterocycles. The number of benzene rings is 1.